The van der Waals surface area contributed by atoms with Crippen LogP contribution in [-0.4, -0.2) is 32.7 Å². The first-order chi connectivity index (χ1) is 12.5. The second-order valence-corrected chi connectivity index (χ2v) is 5.87. The molecule has 3 rings (SSSR count). The Labute approximate surface area is 154 Å². The van der Waals surface area contributed by atoms with Gasteiger partial charge in [0, 0.05) is 10.7 Å². The van der Waals surface area contributed by atoms with Gasteiger partial charge in [-0.05, 0) is 55.5 Å². The summed E-state index contributed by atoms with van der Waals surface area (Å²) in [5.74, 6) is -1.02. The fourth-order valence-electron chi connectivity index (χ4n) is 2.15. The second-order valence-electron chi connectivity index (χ2n) is 5.43. The van der Waals surface area contributed by atoms with E-state index in [0.29, 0.717) is 16.3 Å². The van der Waals surface area contributed by atoms with Crippen LogP contribution in [0.4, 0.5) is 5.69 Å². The molecule has 0 unspecified atom stereocenters. The highest BCUT2D eigenvalue weighted by Gasteiger charge is 2.19. The van der Waals surface area contributed by atoms with E-state index in [-0.39, 0.29) is 0 Å². The lowest BCUT2D eigenvalue weighted by molar-refractivity contribution is -0.123. The van der Waals surface area contributed by atoms with E-state index in [0.717, 1.165) is 5.69 Å². The molecule has 0 aliphatic carbocycles. The molecule has 1 heterocycles. The normalized spacial score (nSPS) is 11.6. The van der Waals surface area contributed by atoms with Crippen molar-refractivity contribution in [3.8, 4) is 5.69 Å². The van der Waals surface area contributed by atoms with E-state index in [1.807, 2.05) is 0 Å². The lowest BCUT2D eigenvalue weighted by atomic mass is 10.2. The number of hydrogen-bond acceptors (Lipinski definition) is 5. The minimum Gasteiger partial charge on any atom is -0.449 e. The number of aromatic nitrogens is 3. The van der Waals surface area contributed by atoms with Crippen LogP contribution in [0.15, 0.2) is 61.2 Å². The SMILES string of the molecule is C[C@@H](OC(=O)c1ccc(-n2cncn2)cc1)C(=O)Nc1ccc(Cl)cc1. The minimum atomic E-state index is -0.951. The van der Waals surface area contributed by atoms with E-state index in [1.54, 1.807) is 59.5 Å². The summed E-state index contributed by atoms with van der Waals surface area (Å²) in [4.78, 5) is 28.2. The first-order valence-electron chi connectivity index (χ1n) is 7.75. The number of nitrogens with zero attached hydrogens (tertiary/aromatic N) is 3. The molecule has 0 aliphatic rings. The number of hydrogen-bond donors (Lipinski definition) is 1. The van der Waals surface area contributed by atoms with Crippen molar-refractivity contribution in [2.45, 2.75) is 13.0 Å². The fourth-order valence-corrected chi connectivity index (χ4v) is 2.28. The molecule has 0 fully saturated rings. The Morgan fingerprint density at radius 3 is 2.42 bits per heavy atom. The molecule has 0 radical (unpaired) electrons. The molecule has 132 valence electrons. The molecule has 8 heteroatoms. The predicted octanol–water partition coefficient (Wildman–Crippen LogP) is 3.10. The smallest absolute Gasteiger partial charge is 0.338 e. The largest absolute Gasteiger partial charge is 0.449 e. The number of halogens is 1. The summed E-state index contributed by atoms with van der Waals surface area (Å²) in [6.07, 6.45) is 2.02. The molecule has 1 aromatic heterocycles. The van der Waals surface area contributed by atoms with Gasteiger partial charge in [-0.3, -0.25) is 4.79 Å². The summed E-state index contributed by atoms with van der Waals surface area (Å²) < 4.78 is 6.78. The molecule has 0 bridgehead atoms. The predicted molar refractivity (Wildman–Crippen MR) is 96.3 cm³/mol. The Balaban J connectivity index is 1.59. The van der Waals surface area contributed by atoms with Crippen LogP contribution in [-0.2, 0) is 9.53 Å². The summed E-state index contributed by atoms with van der Waals surface area (Å²) in [6.45, 7) is 1.51. The molecule has 1 amide bonds. The van der Waals surface area contributed by atoms with Crippen molar-refractivity contribution in [2.24, 2.45) is 0 Å². The van der Waals surface area contributed by atoms with Gasteiger partial charge in [0.25, 0.3) is 5.91 Å². The topological polar surface area (TPSA) is 86.1 Å². The van der Waals surface area contributed by atoms with E-state index in [1.165, 1.54) is 13.3 Å². The summed E-state index contributed by atoms with van der Waals surface area (Å²) in [5.41, 5.74) is 1.66. The van der Waals surface area contributed by atoms with Crippen molar-refractivity contribution in [3.63, 3.8) is 0 Å². The number of amides is 1. The number of esters is 1. The van der Waals surface area contributed by atoms with Gasteiger partial charge in [0.05, 0.1) is 11.3 Å². The zero-order chi connectivity index (χ0) is 18.5. The molecular weight excluding hydrogens is 356 g/mol. The quantitative estimate of drug-likeness (QED) is 0.697. The van der Waals surface area contributed by atoms with Crippen molar-refractivity contribution < 1.29 is 14.3 Å². The highest BCUT2D eigenvalue weighted by Crippen LogP contribution is 2.14. The summed E-state index contributed by atoms with van der Waals surface area (Å²) >= 11 is 5.80. The molecule has 0 aliphatic heterocycles. The van der Waals surface area contributed by atoms with Crippen LogP contribution in [0.1, 0.15) is 17.3 Å². The van der Waals surface area contributed by atoms with Crippen molar-refractivity contribution >= 4 is 29.2 Å². The highest BCUT2D eigenvalue weighted by atomic mass is 35.5. The lowest BCUT2D eigenvalue weighted by Crippen LogP contribution is -2.30. The van der Waals surface area contributed by atoms with Crippen LogP contribution in [0.2, 0.25) is 5.02 Å². The van der Waals surface area contributed by atoms with Gasteiger partial charge in [-0.1, -0.05) is 11.6 Å². The van der Waals surface area contributed by atoms with Gasteiger partial charge < -0.3 is 10.1 Å². The van der Waals surface area contributed by atoms with Crippen molar-refractivity contribution in [1.82, 2.24) is 14.8 Å². The summed E-state index contributed by atoms with van der Waals surface area (Å²) in [7, 11) is 0. The maximum absolute atomic E-state index is 12.2. The molecule has 1 atom stereocenters. The minimum absolute atomic E-state index is 0.333. The van der Waals surface area contributed by atoms with Crippen molar-refractivity contribution in [2.75, 3.05) is 5.32 Å². The first-order valence-corrected chi connectivity index (χ1v) is 8.13. The Hall–Kier alpha value is -3.19. The van der Waals surface area contributed by atoms with Gasteiger partial charge >= 0.3 is 5.97 Å². The summed E-state index contributed by atoms with van der Waals surface area (Å²) in [5, 5.41) is 7.23. The Morgan fingerprint density at radius 1 is 1.12 bits per heavy atom. The van der Waals surface area contributed by atoms with E-state index in [2.05, 4.69) is 15.4 Å². The first kappa shape index (κ1) is 17.6. The van der Waals surface area contributed by atoms with Crippen LogP contribution >= 0.6 is 11.6 Å². The fraction of sp³-hybridized carbons (Fsp3) is 0.111. The van der Waals surface area contributed by atoms with Crippen LogP contribution < -0.4 is 5.32 Å². The van der Waals surface area contributed by atoms with Gasteiger partial charge in [-0.15, -0.1) is 0 Å². The maximum atomic E-state index is 12.2. The molecular formula is C18H15ClN4O3. The standard InChI is InChI=1S/C18H15ClN4O3/c1-12(17(24)22-15-6-4-14(19)5-7-15)26-18(25)13-2-8-16(9-3-13)23-11-20-10-21-23/h2-12H,1H3,(H,22,24)/t12-/m1/s1. The van der Waals surface area contributed by atoms with E-state index in [4.69, 9.17) is 16.3 Å². The number of carbonyl (C=O) groups is 2. The lowest BCUT2D eigenvalue weighted by Gasteiger charge is -2.13. The van der Waals surface area contributed by atoms with Crippen LogP contribution in [0, 0.1) is 0 Å². The number of carbonyl (C=O) groups excluding carboxylic acids is 2. The Morgan fingerprint density at radius 2 is 1.81 bits per heavy atom. The number of ether oxygens (including phenoxy) is 1. The van der Waals surface area contributed by atoms with Crippen LogP contribution in [0.25, 0.3) is 5.69 Å². The molecule has 0 saturated carbocycles. The van der Waals surface area contributed by atoms with Crippen molar-refractivity contribution in [3.05, 3.63) is 71.8 Å². The van der Waals surface area contributed by atoms with Gasteiger partial charge in [-0.25, -0.2) is 14.5 Å². The molecule has 1 N–H and O–H groups in total. The number of benzene rings is 2. The van der Waals surface area contributed by atoms with Crippen LogP contribution in [0.3, 0.4) is 0 Å². The van der Waals surface area contributed by atoms with Gasteiger partial charge in [-0.2, -0.15) is 5.10 Å². The van der Waals surface area contributed by atoms with E-state index in [9.17, 15) is 9.59 Å². The zero-order valence-corrected chi connectivity index (χ0v) is 14.6. The maximum Gasteiger partial charge on any atom is 0.338 e. The van der Waals surface area contributed by atoms with Crippen LogP contribution in [0.5, 0.6) is 0 Å². The van der Waals surface area contributed by atoms with Gasteiger partial charge in [0.2, 0.25) is 0 Å². The molecule has 7 nitrogen and oxygen atoms in total. The van der Waals surface area contributed by atoms with Crippen molar-refractivity contribution in [1.29, 1.82) is 0 Å². The number of rotatable bonds is 5. The number of anilines is 1. The molecule has 0 spiro atoms. The average Bonchev–Trinajstić information content (AvgIpc) is 3.18. The van der Waals surface area contributed by atoms with Gasteiger partial charge in [0.1, 0.15) is 12.7 Å². The average molecular weight is 371 g/mol. The second kappa shape index (κ2) is 7.79. The summed E-state index contributed by atoms with van der Waals surface area (Å²) in [6, 6.07) is 13.3. The molecule has 26 heavy (non-hydrogen) atoms. The Bertz CT molecular complexity index is 893. The number of nitrogens with one attached hydrogen (secondary N) is 1. The van der Waals surface area contributed by atoms with E-state index < -0.39 is 18.0 Å². The monoisotopic (exact) mass is 370 g/mol. The van der Waals surface area contributed by atoms with E-state index >= 15 is 0 Å². The third kappa shape index (κ3) is 4.25. The third-order valence-electron chi connectivity index (χ3n) is 3.55. The zero-order valence-electron chi connectivity index (χ0n) is 13.8. The molecule has 0 saturated heterocycles. The third-order valence-corrected chi connectivity index (χ3v) is 3.80. The van der Waals surface area contributed by atoms with Gasteiger partial charge in [0.15, 0.2) is 6.10 Å². The highest BCUT2D eigenvalue weighted by molar-refractivity contribution is 6.30. The Kier molecular flexibility index (Phi) is 5.28. The molecule has 2 aromatic carbocycles. The molecule has 3 aromatic rings.